The van der Waals surface area contributed by atoms with Gasteiger partial charge in [0.1, 0.15) is 11.6 Å². The number of likely N-dealkylation sites (tertiary alicyclic amines) is 1. The number of carbonyl (C=O) groups excluding carboxylic acids is 1. The molecule has 1 saturated heterocycles. The molecule has 0 spiro atoms. The summed E-state index contributed by atoms with van der Waals surface area (Å²) in [7, 11) is 0. The highest BCUT2D eigenvalue weighted by Gasteiger charge is 2.37. The van der Waals surface area contributed by atoms with Crippen molar-refractivity contribution in [3.63, 3.8) is 0 Å². The van der Waals surface area contributed by atoms with Crippen molar-refractivity contribution < 1.29 is 18.7 Å². The Morgan fingerprint density at radius 2 is 2.00 bits per heavy atom. The van der Waals surface area contributed by atoms with Crippen LogP contribution in [-0.2, 0) is 0 Å². The summed E-state index contributed by atoms with van der Waals surface area (Å²) >= 11 is 0. The summed E-state index contributed by atoms with van der Waals surface area (Å²) in [6, 6.07) is 9.57. The van der Waals surface area contributed by atoms with E-state index in [9.17, 15) is 18.7 Å². The molecule has 0 bridgehead atoms. The van der Waals surface area contributed by atoms with E-state index in [1.807, 2.05) is 6.07 Å². The summed E-state index contributed by atoms with van der Waals surface area (Å²) < 4.78 is 27.7. The molecule has 25 heavy (non-hydrogen) atoms. The van der Waals surface area contributed by atoms with Gasteiger partial charge in [-0.2, -0.15) is 0 Å². The average molecular weight is 342 g/mol. The highest BCUT2D eigenvalue weighted by molar-refractivity contribution is 5.98. The molecule has 1 aromatic heterocycles. The van der Waals surface area contributed by atoms with E-state index in [-0.39, 0.29) is 24.4 Å². The Labute approximate surface area is 142 Å². The average Bonchev–Trinajstić information content (AvgIpc) is 3.22. The maximum atomic E-state index is 14.2. The second-order valence-electron chi connectivity index (χ2n) is 6.31. The van der Waals surface area contributed by atoms with E-state index in [4.69, 9.17) is 0 Å². The van der Waals surface area contributed by atoms with Crippen molar-refractivity contribution in [2.45, 2.75) is 18.6 Å². The molecule has 0 aliphatic carbocycles. The van der Waals surface area contributed by atoms with Crippen LogP contribution in [0.5, 0.6) is 0 Å². The van der Waals surface area contributed by atoms with Crippen LogP contribution in [0.2, 0.25) is 0 Å². The lowest BCUT2D eigenvalue weighted by Crippen LogP contribution is -2.32. The molecule has 6 heteroatoms. The van der Waals surface area contributed by atoms with Gasteiger partial charge >= 0.3 is 0 Å². The van der Waals surface area contributed by atoms with Crippen LogP contribution < -0.4 is 0 Å². The van der Waals surface area contributed by atoms with Crippen LogP contribution in [0.1, 0.15) is 28.4 Å². The largest absolute Gasteiger partial charge is 0.391 e. The fourth-order valence-corrected chi connectivity index (χ4v) is 3.46. The lowest BCUT2D eigenvalue weighted by Gasteiger charge is -2.25. The second-order valence-corrected chi connectivity index (χ2v) is 6.31. The first-order valence-corrected chi connectivity index (χ1v) is 8.04. The predicted molar refractivity (Wildman–Crippen MR) is 89.1 cm³/mol. The SMILES string of the molecule is O=C(c1ccc2[nH]ccc2c1)N1CC(O)CC1c1cc(F)ccc1F. The summed E-state index contributed by atoms with van der Waals surface area (Å²) in [5, 5.41) is 10.9. The number of halogens is 2. The number of aromatic amines is 1. The van der Waals surface area contributed by atoms with Crippen molar-refractivity contribution in [1.29, 1.82) is 0 Å². The van der Waals surface area contributed by atoms with E-state index in [1.54, 1.807) is 24.4 Å². The van der Waals surface area contributed by atoms with Gasteiger partial charge in [0.2, 0.25) is 0 Å². The zero-order valence-electron chi connectivity index (χ0n) is 13.2. The monoisotopic (exact) mass is 342 g/mol. The predicted octanol–water partition coefficient (Wildman–Crippen LogP) is 3.39. The smallest absolute Gasteiger partial charge is 0.254 e. The number of fused-ring (bicyclic) bond motifs is 1. The number of rotatable bonds is 2. The van der Waals surface area contributed by atoms with E-state index in [2.05, 4.69) is 4.98 Å². The van der Waals surface area contributed by atoms with Gasteiger partial charge in [0, 0.05) is 34.8 Å². The van der Waals surface area contributed by atoms with Crippen molar-refractivity contribution in [3.8, 4) is 0 Å². The maximum absolute atomic E-state index is 14.2. The van der Waals surface area contributed by atoms with Crippen LogP contribution >= 0.6 is 0 Å². The lowest BCUT2D eigenvalue weighted by atomic mass is 10.0. The van der Waals surface area contributed by atoms with Gasteiger partial charge < -0.3 is 15.0 Å². The van der Waals surface area contributed by atoms with Crippen molar-refractivity contribution in [2.24, 2.45) is 0 Å². The number of nitrogens with one attached hydrogen (secondary N) is 1. The molecule has 4 nitrogen and oxygen atoms in total. The van der Waals surface area contributed by atoms with Gasteiger partial charge in [-0.15, -0.1) is 0 Å². The van der Waals surface area contributed by atoms with Crippen molar-refractivity contribution in [3.05, 3.63) is 71.4 Å². The van der Waals surface area contributed by atoms with Crippen LogP contribution in [0, 0.1) is 11.6 Å². The number of nitrogens with zero attached hydrogens (tertiary/aromatic N) is 1. The molecule has 1 fully saturated rings. The number of hydrogen-bond acceptors (Lipinski definition) is 2. The van der Waals surface area contributed by atoms with E-state index in [0.717, 1.165) is 29.1 Å². The van der Waals surface area contributed by atoms with Crippen LogP contribution in [0.25, 0.3) is 10.9 Å². The Bertz CT molecular complexity index is 954. The minimum Gasteiger partial charge on any atom is -0.391 e. The highest BCUT2D eigenvalue weighted by Crippen LogP contribution is 2.35. The molecule has 0 radical (unpaired) electrons. The molecular formula is C19H16F2N2O2. The Morgan fingerprint density at radius 1 is 1.16 bits per heavy atom. The summed E-state index contributed by atoms with van der Waals surface area (Å²) in [5.41, 5.74) is 1.45. The molecule has 4 rings (SSSR count). The summed E-state index contributed by atoms with van der Waals surface area (Å²) in [6.07, 6.45) is 1.19. The van der Waals surface area contributed by atoms with E-state index in [0.29, 0.717) is 5.56 Å². The van der Waals surface area contributed by atoms with Gasteiger partial charge in [-0.25, -0.2) is 8.78 Å². The summed E-state index contributed by atoms with van der Waals surface area (Å²) in [6.45, 7) is 0.0879. The number of benzene rings is 2. The van der Waals surface area contributed by atoms with Gasteiger partial charge in [-0.05, 0) is 48.9 Å². The topological polar surface area (TPSA) is 56.3 Å². The number of β-amino-alcohol motifs (C(OH)–C–C–N with tert-alkyl or cyclic N) is 1. The van der Waals surface area contributed by atoms with Crippen molar-refractivity contribution in [1.82, 2.24) is 9.88 Å². The van der Waals surface area contributed by atoms with Gasteiger partial charge in [0.25, 0.3) is 5.91 Å². The molecule has 2 atom stereocenters. The first kappa shape index (κ1) is 15.8. The van der Waals surface area contributed by atoms with Crippen LogP contribution in [0.4, 0.5) is 8.78 Å². The highest BCUT2D eigenvalue weighted by atomic mass is 19.1. The van der Waals surface area contributed by atoms with Gasteiger partial charge in [0.05, 0.1) is 12.1 Å². The molecule has 3 aromatic rings. The van der Waals surface area contributed by atoms with Crippen LogP contribution in [0.15, 0.2) is 48.7 Å². The fraction of sp³-hybridized carbons (Fsp3) is 0.211. The number of carbonyl (C=O) groups is 1. The Balaban J connectivity index is 1.71. The maximum Gasteiger partial charge on any atom is 0.254 e. The molecule has 2 N–H and O–H groups in total. The number of amides is 1. The summed E-state index contributed by atoms with van der Waals surface area (Å²) in [4.78, 5) is 17.4. The fourth-order valence-electron chi connectivity index (χ4n) is 3.46. The number of aliphatic hydroxyl groups excluding tert-OH is 1. The Hall–Kier alpha value is -2.73. The zero-order valence-corrected chi connectivity index (χ0v) is 13.2. The number of H-pyrrole nitrogens is 1. The first-order chi connectivity index (χ1) is 12.0. The quantitative estimate of drug-likeness (QED) is 0.750. The molecule has 1 amide bonds. The number of aliphatic hydroxyl groups is 1. The molecule has 2 unspecified atom stereocenters. The second kappa shape index (κ2) is 5.97. The molecule has 2 aromatic carbocycles. The van der Waals surface area contributed by atoms with Crippen molar-refractivity contribution in [2.75, 3.05) is 6.54 Å². The lowest BCUT2D eigenvalue weighted by molar-refractivity contribution is 0.0714. The first-order valence-electron chi connectivity index (χ1n) is 8.04. The molecule has 128 valence electrons. The third-order valence-corrected chi connectivity index (χ3v) is 4.66. The minimum absolute atomic E-state index is 0.0879. The summed E-state index contributed by atoms with van der Waals surface area (Å²) in [5.74, 6) is -1.47. The molecule has 2 heterocycles. The van der Waals surface area contributed by atoms with Crippen molar-refractivity contribution >= 4 is 16.8 Å². The third-order valence-electron chi connectivity index (χ3n) is 4.66. The van der Waals surface area contributed by atoms with E-state index >= 15 is 0 Å². The standard InChI is InChI=1S/C19H16F2N2O2/c20-13-2-3-16(21)15(8-13)18-9-14(24)10-23(18)19(25)12-1-4-17-11(7-12)5-6-22-17/h1-8,14,18,22,24H,9-10H2. The van der Waals surface area contributed by atoms with Gasteiger partial charge in [-0.3, -0.25) is 4.79 Å². The van der Waals surface area contributed by atoms with Gasteiger partial charge in [0.15, 0.2) is 0 Å². The molecule has 0 saturated carbocycles. The molecule has 1 aliphatic rings. The van der Waals surface area contributed by atoms with Crippen LogP contribution in [-0.4, -0.2) is 33.5 Å². The van der Waals surface area contributed by atoms with Crippen LogP contribution in [0.3, 0.4) is 0 Å². The Kier molecular flexibility index (Phi) is 3.77. The zero-order chi connectivity index (χ0) is 17.6. The molecular weight excluding hydrogens is 326 g/mol. The minimum atomic E-state index is -0.771. The molecule has 1 aliphatic heterocycles. The normalized spacial score (nSPS) is 20.4. The van der Waals surface area contributed by atoms with Gasteiger partial charge in [-0.1, -0.05) is 0 Å². The van der Waals surface area contributed by atoms with E-state index in [1.165, 1.54) is 4.90 Å². The van der Waals surface area contributed by atoms with E-state index < -0.39 is 23.8 Å². The Morgan fingerprint density at radius 3 is 2.84 bits per heavy atom. The third kappa shape index (κ3) is 2.78. The number of hydrogen-bond donors (Lipinski definition) is 2. The number of aromatic nitrogens is 1.